The van der Waals surface area contributed by atoms with Crippen LogP contribution in [-0.2, 0) is 9.59 Å². The van der Waals surface area contributed by atoms with Crippen LogP contribution in [0.2, 0.25) is 0 Å². The van der Waals surface area contributed by atoms with Gasteiger partial charge in [-0.05, 0) is 71.7 Å². The summed E-state index contributed by atoms with van der Waals surface area (Å²) in [4.78, 5) is 39.8. The van der Waals surface area contributed by atoms with E-state index >= 15 is 0 Å². The van der Waals surface area contributed by atoms with Crippen LogP contribution in [0.1, 0.15) is 77.1 Å². The molecule has 1 saturated carbocycles. The molecular weight excluding hydrogens is 366 g/mol. The maximum atomic E-state index is 13.1. The van der Waals surface area contributed by atoms with Gasteiger partial charge in [0, 0.05) is 36.3 Å². The van der Waals surface area contributed by atoms with E-state index in [-0.39, 0.29) is 29.7 Å². The van der Waals surface area contributed by atoms with Gasteiger partial charge < -0.3 is 15.5 Å². The predicted molar refractivity (Wildman–Crippen MR) is 116 cm³/mol. The summed E-state index contributed by atoms with van der Waals surface area (Å²) in [6.45, 7) is 11.0. The van der Waals surface area contributed by atoms with Crippen LogP contribution in [0.4, 0.5) is 5.69 Å². The molecule has 2 rings (SSSR count). The molecular formula is C23H35N3O3. The van der Waals surface area contributed by atoms with Gasteiger partial charge >= 0.3 is 0 Å². The van der Waals surface area contributed by atoms with Crippen LogP contribution in [0, 0.1) is 5.41 Å². The van der Waals surface area contributed by atoms with Gasteiger partial charge in [0.1, 0.15) is 0 Å². The zero-order valence-corrected chi connectivity index (χ0v) is 18.4. The lowest BCUT2D eigenvalue weighted by atomic mass is 9.81. The highest BCUT2D eigenvalue weighted by atomic mass is 16.2. The van der Waals surface area contributed by atoms with Crippen LogP contribution in [0.25, 0.3) is 0 Å². The fourth-order valence-electron chi connectivity index (χ4n) is 3.96. The Kier molecular flexibility index (Phi) is 7.44. The van der Waals surface area contributed by atoms with Crippen molar-refractivity contribution in [3.63, 3.8) is 0 Å². The van der Waals surface area contributed by atoms with Crippen molar-refractivity contribution in [2.45, 2.75) is 72.3 Å². The Bertz CT molecular complexity index is 725. The largest absolute Gasteiger partial charge is 0.351 e. The van der Waals surface area contributed by atoms with Crippen LogP contribution < -0.4 is 10.6 Å². The summed E-state index contributed by atoms with van der Waals surface area (Å²) in [6, 6.07) is 6.99. The molecule has 1 aliphatic rings. The smallest absolute Gasteiger partial charge is 0.253 e. The maximum absolute atomic E-state index is 13.1. The Morgan fingerprint density at radius 3 is 2.03 bits per heavy atom. The van der Waals surface area contributed by atoms with Crippen molar-refractivity contribution < 1.29 is 14.4 Å². The first-order chi connectivity index (χ1) is 13.6. The van der Waals surface area contributed by atoms with Crippen molar-refractivity contribution >= 4 is 23.4 Å². The number of rotatable bonds is 7. The number of carbonyl (C=O) groups is 3. The Hall–Kier alpha value is -2.37. The van der Waals surface area contributed by atoms with Crippen LogP contribution in [0.15, 0.2) is 24.3 Å². The zero-order valence-electron chi connectivity index (χ0n) is 18.4. The molecule has 1 aliphatic carbocycles. The van der Waals surface area contributed by atoms with Gasteiger partial charge in [-0.2, -0.15) is 0 Å². The molecule has 6 nitrogen and oxygen atoms in total. The molecule has 1 aromatic carbocycles. The summed E-state index contributed by atoms with van der Waals surface area (Å²) < 4.78 is 0. The molecule has 0 unspecified atom stereocenters. The number of nitrogens with zero attached hydrogens (tertiary/aromatic N) is 1. The number of hydrogen-bond acceptors (Lipinski definition) is 3. The maximum Gasteiger partial charge on any atom is 0.253 e. The van der Waals surface area contributed by atoms with E-state index < -0.39 is 5.41 Å². The molecule has 0 aromatic heterocycles. The minimum absolute atomic E-state index is 0.0148. The highest BCUT2D eigenvalue weighted by Gasteiger charge is 2.43. The molecule has 0 heterocycles. The van der Waals surface area contributed by atoms with Crippen LogP contribution in [-0.4, -0.2) is 41.2 Å². The first-order valence-electron chi connectivity index (χ1n) is 10.6. The highest BCUT2D eigenvalue weighted by Crippen LogP contribution is 2.42. The van der Waals surface area contributed by atoms with E-state index in [0.29, 0.717) is 24.3 Å². The zero-order chi connectivity index (χ0) is 21.7. The van der Waals surface area contributed by atoms with Gasteiger partial charge in [0.05, 0.1) is 5.41 Å². The van der Waals surface area contributed by atoms with Crippen molar-refractivity contribution in [3.8, 4) is 0 Å². The fourth-order valence-corrected chi connectivity index (χ4v) is 3.96. The van der Waals surface area contributed by atoms with Gasteiger partial charge in [-0.25, -0.2) is 0 Å². The Morgan fingerprint density at radius 2 is 1.55 bits per heavy atom. The predicted octanol–water partition coefficient (Wildman–Crippen LogP) is 3.97. The second kappa shape index (κ2) is 9.42. The Labute approximate surface area is 174 Å². The van der Waals surface area contributed by atoms with E-state index in [1.807, 2.05) is 34.6 Å². The van der Waals surface area contributed by atoms with Crippen LogP contribution in [0.3, 0.4) is 0 Å². The summed E-state index contributed by atoms with van der Waals surface area (Å²) in [6.07, 6.45) is 3.54. The standard InChI is InChI=1S/C23H35N3O3/c1-6-26(7-2)20(28)17-10-12-18(13-11-17)24-21(29)23(14-8-9-15-23)16-19(27)25-22(3,4)5/h10-13H,6-9,14-16H2,1-5H3,(H,24,29)(H,25,27). The first-order valence-corrected chi connectivity index (χ1v) is 10.6. The molecule has 0 saturated heterocycles. The molecule has 6 heteroatoms. The van der Waals surface area contributed by atoms with Crippen molar-refractivity contribution in [2.75, 3.05) is 18.4 Å². The van der Waals surface area contributed by atoms with Gasteiger partial charge in [-0.15, -0.1) is 0 Å². The van der Waals surface area contributed by atoms with Crippen molar-refractivity contribution in [2.24, 2.45) is 5.41 Å². The number of hydrogen-bond donors (Lipinski definition) is 2. The first kappa shape index (κ1) is 22.9. The van der Waals surface area contributed by atoms with Crippen molar-refractivity contribution in [3.05, 3.63) is 29.8 Å². The Balaban J connectivity index is 2.08. The van der Waals surface area contributed by atoms with Crippen LogP contribution >= 0.6 is 0 Å². The number of anilines is 1. The summed E-state index contributed by atoms with van der Waals surface area (Å²) in [5, 5.41) is 5.94. The summed E-state index contributed by atoms with van der Waals surface area (Å²) in [7, 11) is 0. The average Bonchev–Trinajstić information content (AvgIpc) is 3.11. The molecule has 0 spiro atoms. The van der Waals surface area contributed by atoms with Gasteiger partial charge in [-0.3, -0.25) is 14.4 Å². The van der Waals surface area contributed by atoms with E-state index in [1.54, 1.807) is 29.2 Å². The minimum atomic E-state index is -0.662. The van der Waals surface area contributed by atoms with E-state index in [2.05, 4.69) is 10.6 Å². The second-order valence-corrected chi connectivity index (χ2v) is 8.97. The lowest BCUT2D eigenvalue weighted by Crippen LogP contribution is -2.45. The molecule has 1 fully saturated rings. The fraction of sp³-hybridized carbons (Fsp3) is 0.609. The normalized spacial score (nSPS) is 15.6. The minimum Gasteiger partial charge on any atom is -0.351 e. The van der Waals surface area contributed by atoms with Crippen molar-refractivity contribution in [1.29, 1.82) is 0 Å². The van der Waals surface area contributed by atoms with Gasteiger partial charge in [0.2, 0.25) is 11.8 Å². The van der Waals surface area contributed by atoms with E-state index in [9.17, 15) is 14.4 Å². The number of benzene rings is 1. The highest BCUT2D eigenvalue weighted by molar-refractivity contribution is 5.99. The lowest BCUT2D eigenvalue weighted by molar-refractivity contribution is -0.133. The quantitative estimate of drug-likeness (QED) is 0.725. The second-order valence-electron chi connectivity index (χ2n) is 8.97. The molecule has 0 radical (unpaired) electrons. The third-order valence-electron chi connectivity index (χ3n) is 5.50. The molecule has 0 aliphatic heterocycles. The number of nitrogens with one attached hydrogen (secondary N) is 2. The van der Waals surface area contributed by atoms with Crippen molar-refractivity contribution in [1.82, 2.24) is 10.2 Å². The molecule has 3 amide bonds. The third-order valence-corrected chi connectivity index (χ3v) is 5.50. The monoisotopic (exact) mass is 401 g/mol. The summed E-state index contributed by atoms with van der Waals surface area (Å²) in [5.74, 6) is -0.212. The van der Waals surface area contributed by atoms with Crippen LogP contribution in [0.5, 0.6) is 0 Å². The summed E-state index contributed by atoms with van der Waals surface area (Å²) >= 11 is 0. The van der Waals surface area contributed by atoms with E-state index in [1.165, 1.54) is 0 Å². The number of amides is 3. The topological polar surface area (TPSA) is 78.5 Å². The third kappa shape index (κ3) is 6.05. The summed E-state index contributed by atoms with van der Waals surface area (Å²) in [5.41, 5.74) is 0.270. The SMILES string of the molecule is CCN(CC)C(=O)c1ccc(NC(=O)C2(CC(=O)NC(C)(C)C)CCCC2)cc1. The number of carbonyl (C=O) groups excluding carboxylic acids is 3. The van der Waals surface area contributed by atoms with E-state index in [4.69, 9.17) is 0 Å². The molecule has 1 aromatic rings. The van der Waals surface area contributed by atoms with Gasteiger partial charge in [0.25, 0.3) is 5.91 Å². The molecule has 160 valence electrons. The lowest BCUT2D eigenvalue weighted by Gasteiger charge is -2.29. The molecule has 29 heavy (non-hydrogen) atoms. The molecule has 0 atom stereocenters. The Morgan fingerprint density at radius 1 is 1.00 bits per heavy atom. The van der Waals surface area contributed by atoms with E-state index in [0.717, 1.165) is 25.7 Å². The van der Waals surface area contributed by atoms with Gasteiger partial charge in [0.15, 0.2) is 0 Å². The molecule has 0 bridgehead atoms. The average molecular weight is 402 g/mol. The van der Waals surface area contributed by atoms with Gasteiger partial charge in [-0.1, -0.05) is 12.8 Å². The molecule has 2 N–H and O–H groups in total.